The standard InChI is InChI=1S/C11H16N2O2S/c1-15-8-9-3-2-4-13(6-9)11-12-5-10(7-14)16-11/h5,7,9H,2-4,6,8H2,1H3. The van der Waals surface area contributed by atoms with E-state index < -0.39 is 0 Å². The van der Waals surface area contributed by atoms with E-state index in [1.54, 1.807) is 13.3 Å². The van der Waals surface area contributed by atoms with Crippen molar-refractivity contribution < 1.29 is 9.53 Å². The molecule has 16 heavy (non-hydrogen) atoms. The van der Waals surface area contributed by atoms with Gasteiger partial charge in [0.05, 0.1) is 17.7 Å². The van der Waals surface area contributed by atoms with Crippen molar-refractivity contribution >= 4 is 22.8 Å². The highest BCUT2D eigenvalue weighted by Crippen LogP contribution is 2.26. The Hall–Kier alpha value is -0.940. The smallest absolute Gasteiger partial charge is 0.185 e. The lowest BCUT2D eigenvalue weighted by molar-refractivity contribution is 0.112. The second-order valence-electron chi connectivity index (χ2n) is 4.07. The molecule has 0 saturated carbocycles. The first kappa shape index (κ1) is 11.5. The highest BCUT2D eigenvalue weighted by molar-refractivity contribution is 7.17. The fourth-order valence-corrected chi connectivity index (χ4v) is 2.85. The molecule has 0 N–H and O–H groups in total. The Morgan fingerprint density at radius 2 is 2.62 bits per heavy atom. The average molecular weight is 240 g/mol. The minimum Gasteiger partial charge on any atom is -0.384 e. The van der Waals surface area contributed by atoms with Gasteiger partial charge in [-0.05, 0) is 18.8 Å². The first-order chi connectivity index (χ1) is 7.83. The summed E-state index contributed by atoms with van der Waals surface area (Å²) in [5.74, 6) is 0.585. The summed E-state index contributed by atoms with van der Waals surface area (Å²) >= 11 is 1.47. The van der Waals surface area contributed by atoms with E-state index >= 15 is 0 Å². The van der Waals surface area contributed by atoms with Crippen LogP contribution in [-0.2, 0) is 4.74 Å². The van der Waals surface area contributed by atoms with E-state index in [9.17, 15) is 4.79 Å². The molecule has 0 spiro atoms. The Bertz CT molecular complexity index is 352. The number of piperidine rings is 1. The van der Waals surface area contributed by atoms with Gasteiger partial charge in [0.1, 0.15) is 0 Å². The topological polar surface area (TPSA) is 42.4 Å². The molecule has 1 aliphatic rings. The van der Waals surface area contributed by atoms with E-state index in [4.69, 9.17) is 4.74 Å². The van der Waals surface area contributed by atoms with Crippen molar-refractivity contribution in [1.82, 2.24) is 4.98 Å². The molecule has 1 aromatic rings. The van der Waals surface area contributed by atoms with Crippen LogP contribution in [0, 0.1) is 5.92 Å². The molecule has 1 fully saturated rings. The van der Waals surface area contributed by atoms with E-state index in [-0.39, 0.29) is 0 Å². The van der Waals surface area contributed by atoms with Gasteiger partial charge in [-0.25, -0.2) is 4.98 Å². The first-order valence-corrected chi connectivity index (χ1v) is 6.30. The van der Waals surface area contributed by atoms with Gasteiger partial charge in [0.25, 0.3) is 0 Å². The van der Waals surface area contributed by atoms with Gasteiger partial charge in [0.15, 0.2) is 11.4 Å². The number of thiazole rings is 1. The molecule has 0 aromatic carbocycles. The molecule has 2 heterocycles. The van der Waals surface area contributed by atoms with Crippen molar-refractivity contribution in [1.29, 1.82) is 0 Å². The van der Waals surface area contributed by atoms with Gasteiger partial charge in [0, 0.05) is 20.2 Å². The van der Waals surface area contributed by atoms with Crippen molar-refractivity contribution in [2.24, 2.45) is 5.92 Å². The number of carbonyl (C=O) groups is 1. The van der Waals surface area contributed by atoms with E-state index in [0.717, 1.165) is 31.1 Å². The average Bonchev–Trinajstić information content (AvgIpc) is 2.78. The summed E-state index contributed by atoms with van der Waals surface area (Å²) < 4.78 is 5.19. The zero-order valence-corrected chi connectivity index (χ0v) is 10.2. The molecule has 4 nitrogen and oxygen atoms in total. The SMILES string of the molecule is COCC1CCCN(c2ncc(C=O)s2)C1. The number of anilines is 1. The predicted octanol–water partition coefficient (Wildman–Crippen LogP) is 1.82. The summed E-state index contributed by atoms with van der Waals surface area (Å²) in [6.07, 6.45) is 4.89. The lowest BCUT2D eigenvalue weighted by atomic mass is 9.99. The van der Waals surface area contributed by atoms with Crippen molar-refractivity contribution in [2.75, 3.05) is 31.7 Å². The molecular weight excluding hydrogens is 224 g/mol. The first-order valence-electron chi connectivity index (χ1n) is 5.48. The summed E-state index contributed by atoms with van der Waals surface area (Å²) in [7, 11) is 1.74. The monoisotopic (exact) mass is 240 g/mol. The number of aromatic nitrogens is 1. The number of aldehydes is 1. The molecule has 0 aliphatic carbocycles. The van der Waals surface area contributed by atoms with Gasteiger partial charge in [0.2, 0.25) is 0 Å². The minimum absolute atomic E-state index is 0.585. The molecule has 1 saturated heterocycles. The third kappa shape index (κ3) is 2.59. The van der Waals surface area contributed by atoms with Crippen LogP contribution in [0.4, 0.5) is 5.13 Å². The Kier molecular flexibility index (Phi) is 3.90. The Morgan fingerprint density at radius 3 is 3.31 bits per heavy atom. The molecule has 1 atom stereocenters. The van der Waals surface area contributed by atoms with Gasteiger partial charge in [-0.1, -0.05) is 11.3 Å². The number of carbonyl (C=O) groups excluding carboxylic acids is 1. The van der Waals surface area contributed by atoms with Crippen LogP contribution < -0.4 is 4.90 Å². The van der Waals surface area contributed by atoms with Crippen molar-refractivity contribution in [2.45, 2.75) is 12.8 Å². The number of ether oxygens (including phenoxy) is 1. The molecular formula is C11H16N2O2S. The van der Waals surface area contributed by atoms with Gasteiger partial charge >= 0.3 is 0 Å². The molecule has 88 valence electrons. The summed E-state index contributed by atoms with van der Waals surface area (Å²) in [4.78, 5) is 17.8. The maximum atomic E-state index is 10.6. The zero-order valence-electron chi connectivity index (χ0n) is 9.39. The highest BCUT2D eigenvalue weighted by Gasteiger charge is 2.21. The highest BCUT2D eigenvalue weighted by atomic mass is 32.1. The quantitative estimate of drug-likeness (QED) is 0.753. The minimum atomic E-state index is 0.585. The fourth-order valence-electron chi connectivity index (χ4n) is 2.09. The second-order valence-corrected chi connectivity index (χ2v) is 5.11. The van der Waals surface area contributed by atoms with Gasteiger partial charge in [-0.3, -0.25) is 4.79 Å². The van der Waals surface area contributed by atoms with Crippen LogP contribution in [0.2, 0.25) is 0 Å². The number of hydrogen-bond acceptors (Lipinski definition) is 5. The van der Waals surface area contributed by atoms with E-state index in [1.807, 2.05) is 0 Å². The maximum Gasteiger partial charge on any atom is 0.185 e. The number of rotatable bonds is 4. The largest absolute Gasteiger partial charge is 0.384 e. The van der Waals surface area contributed by atoms with Gasteiger partial charge in [-0.15, -0.1) is 0 Å². The van der Waals surface area contributed by atoms with Crippen LogP contribution >= 0.6 is 11.3 Å². The number of nitrogens with zero attached hydrogens (tertiary/aromatic N) is 2. The maximum absolute atomic E-state index is 10.6. The molecule has 1 aliphatic heterocycles. The van der Waals surface area contributed by atoms with Crippen LogP contribution in [0.5, 0.6) is 0 Å². The van der Waals surface area contributed by atoms with Gasteiger partial charge < -0.3 is 9.64 Å². The lowest BCUT2D eigenvalue weighted by Gasteiger charge is -2.32. The third-order valence-corrected chi connectivity index (χ3v) is 3.80. The van der Waals surface area contributed by atoms with Crippen LogP contribution in [0.25, 0.3) is 0 Å². The summed E-state index contributed by atoms with van der Waals surface area (Å²) in [6, 6.07) is 0. The Morgan fingerprint density at radius 1 is 1.75 bits per heavy atom. The van der Waals surface area contributed by atoms with E-state index in [0.29, 0.717) is 10.8 Å². The molecule has 0 amide bonds. The lowest BCUT2D eigenvalue weighted by Crippen LogP contribution is -2.37. The fraction of sp³-hybridized carbons (Fsp3) is 0.636. The van der Waals surface area contributed by atoms with Crippen LogP contribution in [0.1, 0.15) is 22.5 Å². The third-order valence-electron chi connectivity index (χ3n) is 2.82. The Labute approximate surface area is 99.2 Å². The predicted molar refractivity (Wildman–Crippen MR) is 64.3 cm³/mol. The van der Waals surface area contributed by atoms with Crippen LogP contribution in [-0.4, -0.2) is 38.1 Å². The van der Waals surface area contributed by atoms with Gasteiger partial charge in [-0.2, -0.15) is 0 Å². The van der Waals surface area contributed by atoms with Crippen molar-refractivity contribution in [3.8, 4) is 0 Å². The molecule has 1 aromatic heterocycles. The zero-order chi connectivity index (χ0) is 11.4. The molecule has 5 heteroatoms. The molecule has 0 bridgehead atoms. The molecule has 2 rings (SSSR count). The van der Waals surface area contributed by atoms with E-state index in [2.05, 4.69) is 9.88 Å². The molecule has 0 radical (unpaired) electrons. The molecule has 1 unspecified atom stereocenters. The summed E-state index contributed by atoms with van der Waals surface area (Å²) in [6.45, 7) is 2.83. The second kappa shape index (κ2) is 5.41. The van der Waals surface area contributed by atoms with E-state index in [1.165, 1.54) is 24.2 Å². The number of methoxy groups -OCH3 is 1. The summed E-state index contributed by atoms with van der Waals surface area (Å²) in [5.41, 5.74) is 0. The summed E-state index contributed by atoms with van der Waals surface area (Å²) in [5, 5.41) is 0.961. The number of hydrogen-bond donors (Lipinski definition) is 0. The Balaban J connectivity index is 2.00. The normalized spacial score (nSPS) is 21.1. The van der Waals surface area contributed by atoms with Crippen LogP contribution in [0.15, 0.2) is 6.20 Å². The van der Waals surface area contributed by atoms with Crippen molar-refractivity contribution in [3.63, 3.8) is 0 Å². The van der Waals surface area contributed by atoms with Crippen LogP contribution in [0.3, 0.4) is 0 Å². The van der Waals surface area contributed by atoms with Crippen molar-refractivity contribution in [3.05, 3.63) is 11.1 Å².